The molecule has 2 amide bonds. The van der Waals surface area contributed by atoms with Crippen LogP contribution in [-0.4, -0.2) is 64.2 Å². The molecule has 0 atom stereocenters. The molecule has 0 radical (unpaired) electrons. The average molecular weight is 494 g/mol. The SMILES string of the molecule is CS(=O)(=O)N(CC(=O)Nc1ccccc1-c1ccccc1)c1ccc(C(=O)N2CCOCC2)cc1. The Morgan fingerprint density at radius 1 is 0.914 bits per heavy atom. The van der Waals surface area contributed by atoms with Crippen LogP contribution < -0.4 is 9.62 Å². The molecule has 3 aromatic carbocycles. The Balaban J connectivity index is 1.51. The van der Waals surface area contributed by atoms with Gasteiger partial charge in [-0.25, -0.2) is 8.42 Å². The van der Waals surface area contributed by atoms with Crippen molar-refractivity contribution in [2.75, 3.05) is 48.7 Å². The maximum atomic E-state index is 12.9. The van der Waals surface area contributed by atoms with Gasteiger partial charge in [0.05, 0.1) is 25.2 Å². The van der Waals surface area contributed by atoms with Gasteiger partial charge in [0, 0.05) is 29.9 Å². The zero-order chi connectivity index (χ0) is 24.8. The number of hydrogen-bond acceptors (Lipinski definition) is 5. The second-order valence-electron chi connectivity index (χ2n) is 8.18. The predicted octanol–water partition coefficient (Wildman–Crippen LogP) is 3.23. The van der Waals surface area contributed by atoms with Crippen LogP contribution in [-0.2, 0) is 19.6 Å². The number of hydrogen-bond donors (Lipinski definition) is 1. The number of rotatable bonds is 7. The molecule has 0 aromatic heterocycles. The molecule has 1 fully saturated rings. The third kappa shape index (κ3) is 6.06. The van der Waals surface area contributed by atoms with E-state index in [9.17, 15) is 18.0 Å². The molecule has 0 saturated carbocycles. The number of para-hydroxylation sites is 1. The monoisotopic (exact) mass is 493 g/mol. The van der Waals surface area contributed by atoms with E-state index >= 15 is 0 Å². The first-order valence-electron chi connectivity index (χ1n) is 11.2. The summed E-state index contributed by atoms with van der Waals surface area (Å²) in [5.74, 6) is -0.617. The van der Waals surface area contributed by atoms with E-state index in [1.807, 2.05) is 42.5 Å². The van der Waals surface area contributed by atoms with Crippen LogP contribution in [0.2, 0.25) is 0 Å². The molecule has 3 aromatic rings. The number of nitrogens with zero attached hydrogens (tertiary/aromatic N) is 2. The van der Waals surface area contributed by atoms with Crippen molar-refractivity contribution >= 4 is 33.2 Å². The van der Waals surface area contributed by atoms with Gasteiger partial charge in [-0.15, -0.1) is 0 Å². The molecule has 1 heterocycles. The van der Waals surface area contributed by atoms with Gasteiger partial charge in [-0.1, -0.05) is 48.5 Å². The Hall–Kier alpha value is -3.69. The molecule has 8 nitrogen and oxygen atoms in total. The third-order valence-electron chi connectivity index (χ3n) is 5.67. The zero-order valence-corrected chi connectivity index (χ0v) is 20.2. The summed E-state index contributed by atoms with van der Waals surface area (Å²) < 4.78 is 31.4. The summed E-state index contributed by atoms with van der Waals surface area (Å²) in [6, 6.07) is 23.2. The zero-order valence-electron chi connectivity index (χ0n) is 19.4. The molecule has 0 unspecified atom stereocenters. The molecule has 1 aliphatic heterocycles. The van der Waals surface area contributed by atoms with Crippen LogP contribution in [0.4, 0.5) is 11.4 Å². The lowest BCUT2D eigenvalue weighted by atomic mass is 10.0. The highest BCUT2D eigenvalue weighted by molar-refractivity contribution is 7.92. The molecule has 0 aliphatic carbocycles. The molecule has 4 rings (SSSR count). The topological polar surface area (TPSA) is 96.0 Å². The van der Waals surface area contributed by atoms with E-state index in [1.54, 1.807) is 41.3 Å². The highest BCUT2D eigenvalue weighted by atomic mass is 32.2. The van der Waals surface area contributed by atoms with Crippen molar-refractivity contribution in [1.29, 1.82) is 0 Å². The van der Waals surface area contributed by atoms with Crippen molar-refractivity contribution in [3.05, 3.63) is 84.4 Å². The van der Waals surface area contributed by atoms with Crippen molar-refractivity contribution in [2.24, 2.45) is 0 Å². The number of carbonyl (C=O) groups excluding carboxylic acids is 2. The van der Waals surface area contributed by atoms with E-state index in [0.717, 1.165) is 21.7 Å². The first kappa shape index (κ1) is 24.4. The highest BCUT2D eigenvalue weighted by Crippen LogP contribution is 2.28. The maximum absolute atomic E-state index is 12.9. The second-order valence-corrected chi connectivity index (χ2v) is 10.1. The molecule has 9 heteroatoms. The van der Waals surface area contributed by atoms with Crippen molar-refractivity contribution in [2.45, 2.75) is 0 Å². The number of nitrogens with one attached hydrogen (secondary N) is 1. The molecule has 182 valence electrons. The molecular formula is C26H27N3O5S. The lowest BCUT2D eigenvalue weighted by molar-refractivity contribution is -0.114. The summed E-state index contributed by atoms with van der Waals surface area (Å²) in [7, 11) is -3.76. The minimum atomic E-state index is -3.76. The number of ether oxygens (including phenoxy) is 1. The van der Waals surface area contributed by atoms with Crippen molar-refractivity contribution in [3.63, 3.8) is 0 Å². The standard InChI is InChI=1S/C26H27N3O5S/c1-35(32,33)29(22-13-11-21(12-14-22)26(31)28-15-17-34-18-16-28)19-25(30)27-24-10-6-5-9-23(24)20-7-3-2-4-8-20/h2-14H,15-19H2,1H3,(H,27,30). The smallest absolute Gasteiger partial charge is 0.254 e. The largest absolute Gasteiger partial charge is 0.378 e. The van der Waals surface area contributed by atoms with Crippen LogP contribution in [0.5, 0.6) is 0 Å². The van der Waals surface area contributed by atoms with Crippen molar-refractivity contribution in [1.82, 2.24) is 4.90 Å². The van der Waals surface area contributed by atoms with E-state index in [0.29, 0.717) is 43.2 Å². The number of morpholine rings is 1. The Morgan fingerprint density at radius 2 is 1.54 bits per heavy atom. The van der Waals surface area contributed by atoms with Gasteiger partial charge in [0.25, 0.3) is 5.91 Å². The quantitative estimate of drug-likeness (QED) is 0.545. The first-order valence-corrected chi connectivity index (χ1v) is 13.1. The lowest BCUT2D eigenvalue weighted by Gasteiger charge is -2.27. The normalized spacial score (nSPS) is 13.8. The van der Waals surface area contributed by atoms with Crippen LogP contribution in [0, 0.1) is 0 Å². The van der Waals surface area contributed by atoms with Gasteiger partial charge in [0.1, 0.15) is 6.54 Å². The van der Waals surface area contributed by atoms with Gasteiger partial charge in [0.2, 0.25) is 15.9 Å². The summed E-state index contributed by atoms with van der Waals surface area (Å²) in [4.78, 5) is 27.3. The van der Waals surface area contributed by atoms with Crippen molar-refractivity contribution in [3.8, 4) is 11.1 Å². The third-order valence-corrected chi connectivity index (χ3v) is 6.81. The lowest BCUT2D eigenvalue weighted by Crippen LogP contribution is -2.40. The van der Waals surface area contributed by atoms with Crippen LogP contribution in [0.3, 0.4) is 0 Å². The Morgan fingerprint density at radius 3 is 2.20 bits per heavy atom. The minimum absolute atomic E-state index is 0.138. The summed E-state index contributed by atoms with van der Waals surface area (Å²) in [5, 5.41) is 2.84. The second kappa shape index (κ2) is 10.7. The molecule has 0 spiro atoms. The molecule has 1 N–H and O–H groups in total. The fourth-order valence-electron chi connectivity index (χ4n) is 3.90. The number of amides is 2. The van der Waals surface area contributed by atoms with Gasteiger partial charge in [-0.05, 0) is 35.9 Å². The van der Waals surface area contributed by atoms with Gasteiger partial charge < -0.3 is 15.0 Å². The highest BCUT2D eigenvalue weighted by Gasteiger charge is 2.23. The van der Waals surface area contributed by atoms with E-state index in [-0.39, 0.29) is 5.91 Å². The van der Waals surface area contributed by atoms with Crippen LogP contribution in [0.25, 0.3) is 11.1 Å². The van der Waals surface area contributed by atoms with Gasteiger partial charge in [-0.2, -0.15) is 0 Å². The Labute approximate surface area is 205 Å². The van der Waals surface area contributed by atoms with E-state index in [1.165, 1.54) is 0 Å². The summed E-state index contributed by atoms with van der Waals surface area (Å²) in [6.07, 6.45) is 1.05. The minimum Gasteiger partial charge on any atom is -0.378 e. The van der Waals surface area contributed by atoms with Crippen molar-refractivity contribution < 1.29 is 22.7 Å². The number of carbonyl (C=O) groups is 2. The van der Waals surface area contributed by atoms with E-state index < -0.39 is 22.5 Å². The van der Waals surface area contributed by atoms with Crippen LogP contribution in [0.1, 0.15) is 10.4 Å². The molecular weight excluding hydrogens is 466 g/mol. The molecule has 0 bridgehead atoms. The predicted molar refractivity (Wildman–Crippen MR) is 136 cm³/mol. The molecule has 1 aliphatic rings. The van der Waals surface area contributed by atoms with E-state index in [4.69, 9.17) is 4.74 Å². The molecule has 1 saturated heterocycles. The van der Waals surface area contributed by atoms with Crippen LogP contribution in [0.15, 0.2) is 78.9 Å². The first-order chi connectivity index (χ1) is 16.8. The van der Waals surface area contributed by atoms with Gasteiger partial charge in [0.15, 0.2) is 0 Å². The Bertz CT molecular complexity index is 1290. The maximum Gasteiger partial charge on any atom is 0.254 e. The van der Waals surface area contributed by atoms with Gasteiger partial charge in [-0.3, -0.25) is 13.9 Å². The number of anilines is 2. The number of sulfonamides is 1. The van der Waals surface area contributed by atoms with Crippen LogP contribution >= 0.6 is 0 Å². The Kier molecular flexibility index (Phi) is 7.48. The molecule has 35 heavy (non-hydrogen) atoms. The fraction of sp³-hybridized carbons (Fsp3) is 0.231. The summed E-state index contributed by atoms with van der Waals surface area (Å²) in [5.41, 5.74) is 3.11. The fourth-order valence-corrected chi connectivity index (χ4v) is 4.76. The summed E-state index contributed by atoms with van der Waals surface area (Å²) >= 11 is 0. The van der Waals surface area contributed by atoms with Gasteiger partial charge >= 0.3 is 0 Å². The average Bonchev–Trinajstić information content (AvgIpc) is 2.88. The van der Waals surface area contributed by atoms with E-state index in [2.05, 4.69) is 5.32 Å². The number of benzene rings is 3. The summed E-state index contributed by atoms with van der Waals surface area (Å²) in [6.45, 7) is 1.61.